The molecule has 0 spiro atoms. The Balaban J connectivity index is 1.79. The third kappa shape index (κ3) is 5.72. The van der Waals surface area contributed by atoms with Crippen molar-refractivity contribution in [2.45, 2.75) is 26.7 Å². The van der Waals surface area contributed by atoms with Crippen molar-refractivity contribution in [3.05, 3.63) is 64.2 Å². The number of amides is 2. The Morgan fingerprint density at radius 2 is 1.76 bits per heavy atom. The predicted molar refractivity (Wildman–Crippen MR) is 101 cm³/mol. The van der Waals surface area contributed by atoms with E-state index >= 15 is 0 Å². The number of benzene rings is 2. The maximum Gasteiger partial charge on any atom is 0.240 e. The third-order valence-electron chi connectivity index (χ3n) is 3.76. The molecule has 0 aromatic heterocycles. The number of carbonyl (C=O) groups excluding carboxylic acids is 2. The van der Waals surface area contributed by atoms with Gasteiger partial charge in [-0.3, -0.25) is 9.59 Å². The Hall–Kier alpha value is -2.66. The summed E-state index contributed by atoms with van der Waals surface area (Å²) >= 11 is 5.99. The lowest BCUT2D eigenvalue weighted by atomic mass is 10.1. The van der Waals surface area contributed by atoms with Gasteiger partial charge in [0.15, 0.2) is 0 Å². The number of nitrogens with one attached hydrogen (secondary N) is 2. The van der Waals surface area contributed by atoms with E-state index in [2.05, 4.69) is 15.8 Å². The molecule has 0 aliphatic carbocycles. The Morgan fingerprint density at radius 3 is 2.52 bits per heavy atom. The highest BCUT2D eigenvalue weighted by atomic mass is 35.5. The summed E-state index contributed by atoms with van der Waals surface area (Å²) in [6.07, 6.45) is 1.60. The van der Waals surface area contributed by atoms with Gasteiger partial charge < -0.3 is 5.32 Å². The maximum atomic E-state index is 12.0. The van der Waals surface area contributed by atoms with Crippen LogP contribution in [0.1, 0.15) is 29.5 Å². The van der Waals surface area contributed by atoms with Crippen molar-refractivity contribution in [3.63, 3.8) is 0 Å². The van der Waals surface area contributed by atoms with Gasteiger partial charge in [0.1, 0.15) is 0 Å². The lowest BCUT2D eigenvalue weighted by Gasteiger charge is -2.10. The molecule has 0 saturated carbocycles. The largest absolute Gasteiger partial charge is 0.326 e. The summed E-state index contributed by atoms with van der Waals surface area (Å²) < 4.78 is 0. The van der Waals surface area contributed by atoms with Crippen molar-refractivity contribution >= 4 is 35.3 Å². The molecule has 25 heavy (non-hydrogen) atoms. The number of anilines is 1. The summed E-state index contributed by atoms with van der Waals surface area (Å²) in [5, 5.41) is 7.22. The lowest BCUT2D eigenvalue weighted by molar-refractivity contribution is -0.124. The second kappa shape index (κ2) is 8.99. The number of hydrogen-bond donors (Lipinski definition) is 2. The standard InChI is InChI=1S/C19H20ClN3O2/c1-13-6-5-9-17(14(13)2)22-18(24)10-11-19(25)23-21-12-15-7-3-4-8-16(15)20/h3-9,12H,10-11H2,1-2H3,(H,22,24)(H,23,25). The first-order chi connectivity index (χ1) is 12.0. The fraction of sp³-hybridized carbons (Fsp3) is 0.211. The molecule has 0 radical (unpaired) electrons. The highest BCUT2D eigenvalue weighted by Crippen LogP contribution is 2.18. The van der Waals surface area contributed by atoms with Crippen molar-refractivity contribution in [2.75, 3.05) is 5.32 Å². The van der Waals surface area contributed by atoms with E-state index in [1.165, 1.54) is 6.21 Å². The maximum absolute atomic E-state index is 12.0. The molecule has 6 heteroatoms. The number of hydrazone groups is 1. The number of aryl methyl sites for hydroxylation is 1. The molecular formula is C19H20ClN3O2. The summed E-state index contributed by atoms with van der Waals surface area (Å²) in [5.41, 5.74) is 5.98. The van der Waals surface area contributed by atoms with Crippen LogP contribution in [0.2, 0.25) is 5.02 Å². The van der Waals surface area contributed by atoms with Crippen molar-refractivity contribution in [3.8, 4) is 0 Å². The van der Waals surface area contributed by atoms with Gasteiger partial charge in [0, 0.05) is 29.1 Å². The molecule has 2 rings (SSSR count). The fourth-order valence-electron chi connectivity index (χ4n) is 2.14. The molecule has 2 amide bonds. The summed E-state index contributed by atoms with van der Waals surface area (Å²) in [7, 11) is 0. The van der Waals surface area contributed by atoms with Crippen LogP contribution in [0.5, 0.6) is 0 Å². The first kappa shape index (κ1) is 18.7. The Morgan fingerprint density at radius 1 is 1.04 bits per heavy atom. The molecule has 2 N–H and O–H groups in total. The van der Waals surface area contributed by atoms with Crippen molar-refractivity contribution in [1.82, 2.24) is 5.43 Å². The van der Waals surface area contributed by atoms with Crippen LogP contribution in [0.25, 0.3) is 0 Å². The summed E-state index contributed by atoms with van der Waals surface area (Å²) in [6.45, 7) is 3.93. The van der Waals surface area contributed by atoms with Gasteiger partial charge in [0.05, 0.1) is 6.21 Å². The second-order valence-corrected chi connectivity index (χ2v) is 6.02. The van der Waals surface area contributed by atoms with Gasteiger partial charge in [-0.15, -0.1) is 0 Å². The van der Waals surface area contributed by atoms with Crippen molar-refractivity contribution in [2.24, 2.45) is 5.10 Å². The van der Waals surface area contributed by atoms with Crippen LogP contribution in [0, 0.1) is 13.8 Å². The van der Waals surface area contributed by atoms with Gasteiger partial charge in [0.2, 0.25) is 11.8 Å². The van der Waals surface area contributed by atoms with E-state index in [1.54, 1.807) is 12.1 Å². The van der Waals surface area contributed by atoms with Crippen LogP contribution in [0.3, 0.4) is 0 Å². The molecule has 5 nitrogen and oxygen atoms in total. The molecule has 0 fully saturated rings. The first-order valence-electron chi connectivity index (χ1n) is 7.90. The van der Waals surface area contributed by atoms with Crippen molar-refractivity contribution < 1.29 is 9.59 Å². The van der Waals surface area contributed by atoms with Crippen LogP contribution >= 0.6 is 11.6 Å². The Kier molecular flexibility index (Phi) is 6.71. The lowest BCUT2D eigenvalue weighted by Crippen LogP contribution is -2.21. The van der Waals surface area contributed by atoms with Gasteiger partial charge in [0.25, 0.3) is 0 Å². The van der Waals surface area contributed by atoms with E-state index in [-0.39, 0.29) is 24.7 Å². The zero-order chi connectivity index (χ0) is 18.2. The number of carbonyl (C=O) groups is 2. The quantitative estimate of drug-likeness (QED) is 0.609. The zero-order valence-electron chi connectivity index (χ0n) is 14.2. The molecule has 0 aliphatic rings. The van der Waals surface area contributed by atoms with E-state index in [0.717, 1.165) is 16.8 Å². The topological polar surface area (TPSA) is 70.6 Å². The predicted octanol–water partition coefficient (Wildman–Crippen LogP) is 3.83. The average molecular weight is 358 g/mol. The third-order valence-corrected chi connectivity index (χ3v) is 4.10. The molecule has 2 aromatic rings. The zero-order valence-corrected chi connectivity index (χ0v) is 14.9. The molecule has 2 aromatic carbocycles. The Bertz CT molecular complexity index is 803. The van der Waals surface area contributed by atoms with Gasteiger partial charge in [-0.1, -0.05) is 41.9 Å². The minimum absolute atomic E-state index is 0.0521. The van der Waals surface area contributed by atoms with Gasteiger partial charge in [-0.25, -0.2) is 5.43 Å². The van der Waals surface area contributed by atoms with Crippen LogP contribution in [-0.4, -0.2) is 18.0 Å². The molecule has 0 saturated heterocycles. The van der Waals surface area contributed by atoms with Crippen LogP contribution in [-0.2, 0) is 9.59 Å². The summed E-state index contributed by atoms with van der Waals surface area (Å²) in [4.78, 5) is 23.7. The van der Waals surface area contributed by atoms with Gasteiger partial charge in [-0.2, -0.15) is 5.10 Å². The minimum Gasteiger partial charge on any atom is -0.326 e. The summed E-state index contributed by atoms with van der Waals surface area (Å²) in [6, 6.07) is 12.9. The van der Waals surface area contributed by atoms with Gasteiger partial charge >= 0.3 is 0 Å². The minimum atomic E-state index is -0.334. The number of halogens is 1. The van der Waals surface area contributed by atoms with E-state index in [4.69, 9.17) is 11.6 Å². The normalized spacial score (nSPS) is 10.7. The van der Waals surface area contributed by atoms with E-state index in [1.807, 2.05) is 44.2 Å². The molecule has 0 bridgehead atoms. The second-order valence-electron chi connectivity index (χ2n) is 5.61. The van der Waals surface area contributed by atoms with E-state index in [9.17, 15) is 9.59 Å². The number of hydrogen-bond acceptors (Lipinski definition) is 3. The molecular weight excluding hydrogens is 338 g/mol. The molecule has 0 unspecified atom stereocenters. The van der Waals surface area contributed by atoms with Gasteiger partial charge in [-0.05, 0) is 37.1 Å². The van der Waals surface area contributed by atoms with Crippen LogP contribution in [0.4, 0.5) is 5.69 Å². The van der Waals surface area contributed by atoms with Crippen LogP contribution in [0.15, 0.2) is 47.6 Å². The SMILES string of the molecule is Cc1cccc(NC(=O)CCC(=O)NN=Cc2ccccc2Cl)c1C. The smallest absolute Gasteiger partial charge is 0.240 e. The molecule has 0 aliphatic heterocycles. The van der Waals surface area contributed by atoms with Crippen molar-refractivity contribution in [1.29, 1.82) is 0 Å². The average Bonchev–Trinajstić information content (AvgIpc) is 2.59. The Labute approximate surface area is 152 Å². The van der Waals surface area contributed by atoms with E-state index < -0.39 is 0 Å². The highest BCUT2D eigenvalue weighted by molar-refractivity contribution is 6.33. The number of rotatable bonds is 6. The molecule has 0 atom stereocenters. The highest BCUT2D eigenvalue weighted by Gasteiger charge is 2.08. The summed E-state index contributed by atoms with van der Waals surface area (Å²) in [5.74, 6) is -0.543. The number of nitrogens with zero attached hydrogens (tertiary/aromatic N) is 1. The first-order valence-corrected chi connectivity index (χ1v) is 8.27. The monoisotopic (exact) mass is 357 g/mol. The van der Waals surface area contributed by atoms with Crippen LogP contribution < -0.4 is 10.7 Å². The molecule has 130 valence electrons. The fourth-order valence-corrected chi connectivity index (χ4v) is 2.32. The molecule has 0 heterocycles. The van der Waals surface area contributed by atoms with E-state index in [0.29, 0.717) is 10.6 Å².